The molecular formula is C12H24N2O3. The molecule has 2 N–H and O–H groups in total. The number of carboxylic acid groups (broad SMARTS) is 1. The molecule has 1 unspecified atom stereocenters. The van der Waals surface area contributed by atoms with Crippen molar-refractivity contribution in [3.63, 3.8) is 0 Å². The molecule has 2 amide bonds. The van der Waals surface area contributed by atoms with Crippen LogP contribution in [0.1, 0.15) is 46.0 Å². The molecule has 0 aromatic rings. The molecule has 0 heterocycles. The van der Waals surface area contributed by atoms with Crippen molar-refractivity contribution in [3.8, 4) is 0 Å². The number of nitrogens with zero attached hydrogens (tertiary/aromatic N) is 1. The smallest absolute Gasteiger partial charge is 0.317 e. The van der Waals surface area contributed by atoms with E-state index < -0.39 is 5.97 Å². The highest BCUT2D eigenvalue weighted by atomic mass is 16.4. The fourth-order valence-electron chi connectivity index (χ4n) is 1.49. The first-order valence-electron chi connectivity index (χ1n) is 6.24. The van der Waals surface area contributed by atoms with Crippen molar-refractivity contribution in [3.05, 3.63) is 0 Å². The second-order valence-corrected chi connectivity index (χ2v) is 4.28. The number of aliphatic carboxylic acids is 1. The molecule has 5 heteroatoms. The number of hydrogen-bond donors (Lipinski definition) is 2. The minimum Gasteiger partial charge on any atom is -0.481 e. The molecule has 0 aliphatic carbocycles. The van der Waals surface area contributed by atoms with Crippen molar-refractivity contribution >= 4 is 12.0 Å². The van der Waals surface area contributed by atoms with Gasteiger partial charge in [0.2, 0.25) is 0 Å². The van der Waals surface area contributed by atoms with Crippen LogP contribution in [0.15, 0.2) is 0 Å². The third-order valence-electron chi connectivity index (χ3n) is 2.69. The molecule has 100 valence electrons. The number of urea groups is 1. The lowest BCUT2D eigenvalue weighted by molar-refractivity contribution is -0.137. The standard InChI is InChI=1S/C12H24N2O3/c1-4-6-7-8-14(3)12(17)13-10(5-2)9-11(15)16/h10H,4-9H2,1-3H3,(H,13,17)(H,15,16). The van der Waals surface area contributed by atoms with E-state index in [0.29, 0.717) is 13.0 Å². The molecule has 0 aliphatic heterocycles. The van der Waals surface area contributed by atoms with Crippen molar-refractivity contribution in [2.45, 2.75) is 52.0 Å². The van der Waals surface area contributed by atoms with E-state index in [2.05, 4.69) is 12.2 Å². The fourth-order valence-corrected chi connectivity index (χ4v) is 1.49. The van der Waals surface area contributed by atoms with Crippen molar-refractivity contribution in [2.75, 3.05) is 13.6 Å². The van der Waals surface area contributed by atoms with E-state index >= 15 is 0 Å². The maximum absolute atomic E-state index is 11.7. The summed E-state index contributed by atoms with van der Waals surface area (Å²) in [7, 11) is 1.73. The second-order valence-electron chi connectivity index (χ2n) is 4.28. The Morgan fingerprint density at radius 1 is 1.29 bits per heavy atom. The van der Waals surface area contributed by atoms with Gasteiger partial charge in [-0.15, -0.1) is 0 Å². The third-order valence-corrected chi connectivity index (χ3v) is 2.69. The molecule has 0 rings (SSSR count). The van der Waals surface area contributed by atoms with Crippen LogP contribution >= 0.6 is 0 Å². The van der Waals surface area contributed by atoms with Crippen LogP contribution in [0.4, 0.5) is 4.79 Å². The summed E-state index contributed by atoms with van der Waals surface area (Å²) < 4.78 is 0. The van der Waals surface area contributed by atoms with Gasteiger partial charge in [0.05, 0.1) is 6.42 Å². The van der Waals surface area contributed by atoms with E-state index in [-0.39, 0.29) is 18.5 Å². The van der Waals surface area contributed by atoms with Gasteiger partial charge >= 0.3 is 12.0 Å². The summed E-state index contributed by atoms with van der Waals surface area (Å²) in [6.45, 7) is 4.69. The number of hydrogen-bond acceptors (Lipinski definition) is 2. The Bertz CT molecular complexity index is 244. The largest absolute Gasteiger partial charge is 0.481 e. The Morgan fingerprint density at radius 2 is 1.94 bits per heavy atom. The van der Waals surface area contributed by atoms with Crippen LogP contribution in [-0.4, -0.2) is 41.6 Å². The zero-order chi connectivity index (χ0) is 13.3. The molecule has 5 nitrogen and oxygen atoms in total. The minimum absolute atomic E-state index is 0.0228. The molecule has 0 aromatic carbocycles. The third kappa shape index (κ3) is 7.60. The van der Waals surface area contributed by atoms with Crippen LogP contribution < -0.4 is 5.32 Å². The molecule has 0 aromatic heterocycles. The molecular weight excluding hydrogens is 220 g/mol. The number of carboxylic acids is 1. The molecule has 0 spiro atoms. The lowest BCUT2D eigenvalue weighted by atomic mass is 10.1. The summed E-state index contributed by atoms with van der Waals surface area (Å²) >= 11 is 0. The van der Waals surface area contributed by atoms with Gasteiger partial charge in [-0.2, -0.15) is 0 Å². The number of carbonyl (C=O) groups excluding carboxylic acids is 1. The highest BCUT2D eigenvalue weighted by Crippen LogP contribution is 2.01. The zero-order valence-corrected chi connectivity index (χ0v) is 11.0. The Morgan fingerprint density at radius 3 is 2.41 bits per heavy atom. The van der Waals surface area contributed by atoms with E-state index in [0.717, 1.165) is 19.3 Å². The Labute approximate surface area is 103 Å². The molecule has 0 saturated heterocycles. The van der Waals surface area contributed by atoms with Gasteiger partial charge in [0, 0.05) is 19.6 Å². The van der Waals surface area contributed by atoms with Gasteiger partial charge in [-0.3, -0.25) is 4.79 Å². The first-order valence-corrected chi connectivity index (χ1v) is 6.24. The van der Waals surface area contributed by atoms with E-state index in [1.165, 1.54) is 0 Å². The monoisotopic (exact) mass is 244 g/mol. The van der Waals surface area contributed by atoms with Gasteiger partial charge in [0.25, 0.3) is 0 Å². The number of amides is 2. The van der Waals surface area contributed by atoms with E-state index in [9.17, 15) is 9.59 Å². The van der Waals surface area contributed by atoms with E-state index in [1.807, 2.05) is 6.92 Å². The highest BCUT2D eigenvalue weighted by Gasteiger charge is 2.16. The molecule has 0 fully saturated rings. The summed E-state index contributed by atoms with van der Waals surface area (Å²) in [4.78, 5) is 23.9. The van der Waals surface area contributed by atoms with Gasteiger partial charge in [-0.1, -0.05) is 26.7 Å². The predicted octanol–water partition coefficient (Wildman–Crippen LogP) is 2.07. The van der Waals surface area contributed by atoms with Crippen molar-refractivity contribution in [1.82, 2.24) is 10.2 Å². The first kappa shape index (κ1) is 15.7. The van der Waals surface area contributed by atoms with E-state index in [4.69, 9.17) is 5.11 Å². The Kier molecular flexibility index (Phi) is 8.19. The summed E-state index contributed by atoms with van der Waals surface area (Å²) in [6.07, 6.45) is 3.80. The fraction of sp³-hybridized carbons (Fsp3) is 0.833. The van der Waals surface area contributed by atoms with E-state index in [1.54, 1.807) is 11.9 Å². The average Bonchev–Trinajstić information content (AvgIpc) is 2.27. The van der Waals surface area contributed by atoms with Gasteiger partial charge in [-0.05, 0) is 12.8 Å². The van der Waals surface area contributed by atoms with Crippen molar-refractivity contribution < 1.29 is 14.7 Å². The predicted molar refractivity (Wildman–Crippen MR) is 67.0 cm³/mol. The summed E-state index contributed by atoms with van der Waals surface area (Å²) in [5, 5.41) is 11.4. The minimum atomic E-state index is -0.884. The van der Waals surface area contributed by atoms with Crippen LogP contribution in [0.5, 0.6) is 0 Å². The van der Waals surface area contributed by atoms with Gasteiger partial charge in [0.15, 0.2) is 0 Å². The second kappa shape index (κ2) is 8.84. The first-order chi connectivity index (χ1) is 8.01. The summed E-state index contributed by atoms with van der Waals surface area (Å²) in [5.74, 6) is -0.884. The lowest BCUT2D eigenvalue weighted by Crippen LogP contribution is -2.44. The maximum Gasteiger partial charge on any atom is 0.317 e. The molecule has 0 bridgehead atoms. The molecule has 0 aliphatic rings. The number of nitrogens with one attached hydrogen (secondary N) is 1. The summed E-state index contributed by atoms with van der Waals surface area (Å²) in [6, 6.07) is -0.470. The topological polar surface area (TPSA) is 69.6 Å². The van der Waals surface area contributed by atoms with Crippen LogP contribution in [-0.2, 0) is 4.79 Å². The summed E-state index contributed by atoms with van der Waals surface area (Å²) in [5.41, 5.74) is 0. The van der Waals surface area contributed by atoms with Gasteiger partial charge < -0.3 is 15.3 Å². The molecule has 17 heavy (non-hydrogen) atoms. The zero-order valence-electron chi connectivity index (χ0n) is 11.0. The van der Waals surface area contributed by atoms with Crippen molar-refractivity contribution in [2.24, 2.45) is 0 Å². The number of unbranched alkanes of at least 4 members (excludes halogenated alkanes) is 2. The number of rotatable bonds is 8. The maximum atomic E-state index is 11.7. The highest BCUT2D eigenvalue weighted by molar-refractivity contribution is 5.75. The Hall–Kier alpha value is -1.26. The molecule has 0 saturated carbocycles. The molecule has 0 radical (unpaired) electrons. The SMILES string of the molecule is CCCCCN(C)C(=O)NC(CC)CC(=O)O. The van der Waals surface area contributed by atoms with Crippen LogP contribution in [0.2, 0.25) is 0 Å². The number of carbonyl (C=O) groups is 2. The van der Waals surface area contributed by atoms with Gasteiger partial charge in [0.1, 0.15) is 0 Å². The average molecular weight is 244 g/mol. The Balaban J connectivity index is 3.98. The van der Waals surface area contributed by atoms with Crippen LogP contribution in [0.3, 0.4) is 0 Å². The molecule has 1 atom stereocenters. The lowest BCUT2D eigenvalue weighted by Gasteiger charge is -2.21. The van der Waals surface area contributed by atoms with Crippen LogP contribution in [0.25, 0.3) is 0 Å². The quantitative estimate of drug-likeness (QED) is 0.642. The normalized spacial score (nSPS) is 11.9. The van der Waals surface area contributed by atoms with Crippen molar-refractivity contribution in [1.29, 1.82) is 0 Å². The van der Waals surface area contributed by atoms with Gasteiger partial charge in [-0.25, -0.2) is 4.79 Å². The van der Waals surface area contributed by atoms with Crippen LogP contribution in [0, 0.1) is 0 Å².